The van der Waals surface area contributed by atoms with Gasteiger partial charge in [-0.05, 0) is 72.6 Å². The summed E-state index contributed by atoms with van der Waals surface area (Å²) in [4.78, 5) is 12.2. The zero-order chi connectivity index (χ0) is 25.3. The highest BCUT2D eigenvalue weighted by atomic mass is 32.2. The van der Waals surface area contributed by atoms with Crippen LogP contribution in [-0.2, 0) is 21.2 Å². The van der Waals surface area contributed by atoms with E-state index in [1.165, 1.54) is 24.3 Å². The molecule has 0 saturated carbocycles. The predicted molar refractivity (Wildman–Crippen MR) is 132 cm³/mol. The fourth-order valence-corrected chi connectivity index (χ4v) is 4.22. The minimum absolute atomic E-state index is 0.0971. The maximum atomic E-state index is 12.6. The number of sulfonamides is 1. The highest BCUT2D eigenvalue weighted by Gasteiger charge is 2.14. The molecule has 35 heavy (non-hydrogen) atoms. The van der Waals surface area contributed by atoms with Crippen LogP contribution >= 0.6 is 0 Å². The second kappa shape index (κ2) is 12.1. The molecule has 0 heterocycles. The van der Waals surface area contributed by atoms with Crippen LogP contribution in [0.25, 0.3) is 0 Å². The molecule has 3 aromatic carbocycles. The largest absolute Gasteiger partial charge is 0.497 e. The number of anilines is 1. The summed E-state index contributed by atoms with van der Waals surface area (Å²) in [5, 5.41) is 2.71. The maximum absolute atomic E-state index is 12.6. The molecule has 0 atom stereocenters. The van der Waals surface area contributed by atoms with Gasteiger partial charge in [0.25, 0.3) is 5.91 Å². The number of methoxy groups -OCH3 is 3. The molecular formula is C25H28N2O7S. The zero-order valence-corrected chi connectivity index (χ0v) is 20.6. The lowest BCUT2D eigenvalue weighted by molar-refractivity contribution is -0.118. The Labute approximate surface area is 205 Å². The molecule has 0 unspecified atom stereocenters. The predicted octanol–water partition coefficient (Wildman–Crippen LogP) is 3.25. The Morgan fingerprint density at radius 1 is 0.800 bits per heavy atom. The van der Waals surface area contributed by atoms with Gasteiger partial charge in [0.15, 0.2) is 18.1 Å². The van der Waals surface area contributed by atoms with Crippen LogP contribution in [0.4, 0.5) is 5.69 Å². The van der Waals surface area contributed by atoms with E-state index in [2.05, 4.69) is 10.0 Å². The average molecular weight is 501 g/mol. The molecule has 0 radical (unpaired) electrons. The number of rotatable bonds is 12. The lowest BCUT2D eigenvalue weighted by Crippen LogP contribution is -2.26. The monoisotopic (exact) mass is 500 g/mol. The van der Waals surface area contributed by atoms with Crippen LogP contribution in [0.5, 0.6) is 23.0 Å². The summed E-state index contributed by atoms with van der Waals surface area (Å²) in [6.45, 7) is -0.0106. The van der Waals surface area contributed by atoms with E-state index in [9.17, 15) is 13.2 Å². The van der Waals surface area contributed by atoms with Gasteiger partial charge in [0, 0.05) is 12.2 Å². The summed E-state index contributed by atoms with van der Waals surface area (Å²) in [6.07, 6.45) is 0.476. The van der Waals surface area contributed by atoms with E-state index in [1.54, 1.807) is 51.7 Å². The summed E-state index contributed by atoms with van der Waals surface area (Å²) >= 11 is 0. The molecule has 0 aliphatic heterocycles. The minimum atomic E-state index is -3.70. The number of carbonyl (C=O) groups is 1. The standard InChI is InChI=1S/C25H28N2O7S/c1-31-20-7-5-19(6-8-20)27-25(28)17-34-21-9-11-22(12-10-21)35(29,30)26-15-14-18-4-13-23(32-2)24(16-18)33-3/h4-13,16,26H,14-15,17H2,1-3H3,(H,27,28). The van der Waals surface area contributed by atoms with Gasteiger partial charge in [0.05, 0.1) is 26.2 Å². The Hall–Kier alpha value is -3.76. The molecule has 0 aliphatic rings. The first-order valence-electron chi connectivity index (χ1n) is 10.7. The van der Waals surface area contributed by atoms with Crippen LogP contribution < -0.4 is 29.0 Å². The van der Waals surface area contributed by atoms with Gasteiger partial charge in [-0.2, -0.15) is 0 Å². The summed E-state index contributed by atoms with van der Waals surface area (Å²) in [7, 11) is 0.961. The Bertz CT molecular complexity index is 1230. The molecular weight excluding hydrogens is 472 g/mol. The van der Waals surface area contributed by atoms with Gasteiger partial charge in [-0.25, -0.2) is 13.1 Å². The van der Waals surface area contributed by atoms with Gasteiger partial charge in [0.2, 0.25) is 10.0 Å². The fraction of sp³-hybridized carbons (Fsp3) is 0.240. The number of hydrogen-bond donors (Lipinski definition) is 2. The Morgan fingerprint density at radius 3 is 2.09 bits per heavy atom. The maximum Gasteiger partial charge on any atom is 0.262 e. The molecule has 3 aromatic rings. The smallest absolute Gasteiger partial charge is 0.262 e. The van der Waals surface area contributed by atoms with Crippen LogP contribution in [0.2, 0.25) is 0 Å². The Balaban J connectivity index is 1.49. The second-order valence-corrected chi connectivity index (χ2v) is 9.14. The van der Waals surface area contributed by atoms with Gasteiger partial charge in [-0.1, -0.05) is 6.07 Å². The quantitative estimate of drug-likeness (QED) is 0.393. The van der Waals surface area contributed by atoms with Crippen molar-refractivity contribution in [2.75, 3.05) is 39.8 Å². The van der Waals surface area contributed by atoms with E-state index in [4.69, 9.17) is 18.9 Å². The first kappa shape index (κ1) is 25.9. The number of amides is 1. The molecule has 3 rings (SSSR count). The molecule has 9 nitrogen and oxygen atoms in total. The summed E-state index contributed by atoms with van der Waals surface area (Å²) in [6, 6.07) is 18.2. The van der Waals surface area contributed by atoms with E-state index in [-0.39, 0.29) is 24.0 Å². The van der Waals surface area contributed by atoms with Crippen LogP contribution in [-0.4, -0.2) is 48.8 Å². The van der Waals surface area contributed by atoms with Crippen LogP contribution in [0.1, 0.15) is 5.56 Å². The normalized spacial score (nSPS) is 10.9. The number of ether oxygens (including phenoxy) is 4. The van der Waals surface area contributed by atoms with Crippen LogP contribution in [0.15, 0.2) is 71.6 Å². The van der Waals surface area contributed by atoms with Gasteiger partial charge in [-0.15, -0.1) is 0 Å². The number of benzene rings is 3. The SMILES string of the molecule is COc1ccc(NC(=O)COc2ccc(S(=O)(=O)NCCc3ccc(OC)c(OC)c3)cc2)cc1. The number of hydrogen-bond acceptors (Lipinski definition) is 7. The van der Waals surface area contributed by atoms with Crippen molar-refractivity contribution >= 4 is 21.6 Å². The molecule has 0 saturated heterocycles. The lowest BCUT2D eigenvalue weighted by Gasteiger charge is -2.11. The van der Waals surface area contributed by atoms with Crippen molar-refractivity contribution in [3.05, 3.63) is 72.3 Å². The van der Waals surface area contributed by atoms with Crippen molar-refractivity contribution in [3.8, 4) is 23.0 Å². The summed E-state index contributed by atoms with van der Waals surface area (Å²) in [5.74, 6) is 1.91. The van der Waals surface area contributed by atoms with Crippen molar-refractivity contribution in [1.82, 2.24) is 4.72 Å². The van der Waals surface area contributed by atoms with Crippen LogP contribution in [0.3, 0.4) is 0 Å². The molecule has 186 valence electrons. The van der Waals surface area contributed by atoms with Gasteiger partial charge < -0.3 is 24.3 Å². The topological polar surface area (TPSA) is 112 Å². The van der Waals surface area contributed by atoms with Crippen molar-refractivity contribution in [3.63, 3.8) is 0 Å². The van der Waals surface area contributed by atoms with Crippen molar-refractivity contribution < 1.29 is 32.2 Å². The van der Waals surface area contributed by atoms with Crippen LogP contribution in [0, 0.1) is 0 Å². The molecule has 0 fully saturated rings. The van der Waals surface area contributed by atoms with E-state index < -0.39 is 10.0 Å². The third-order valence-corrected chi connectivity index (χ3v) is 6.51. The first-order valence-corrected chi connectivity index (χ1v) is 12.2. The van der Waals surface area contributed by atoms with E-state index in [0.29, 0.717) is 35.1 Å². The first-order chi connectivity index (χ1) is 16.8. The fourth-order valence-electron chi connectivity index (χ4n) is 3.18. The second-order valence-electron chi connectivity index (χ2n) is 7.37. The molecule has 0 aromatic heterocycles. The molecule has 1 amide bonds. The van der Waals surface area contributed by atoms with Crippen molar-refractivity contribution in [2.45, 2.75) is 11.3 Å². The van der Waals surface area contributed by atoms with E-state index >= 15 is 0 Å². The third kappa shape index (κ3) is 7.36. The molecule has 2 N–H and O–H groups in total. The van der Waals surface area contributed by atoms with Crippen molar-refractivity contribution in [1.29, 1.82) is 0 Å². The minimum Gasteiger partial charge on any atom is -0.497 e. The van der Waals surface area contributed by atoms with Gasteiger partial charge in [0.1, 0.15) is 11.5 Å². The summed E-state index contributed by atoms with van der Waals surface area (Å²) in [5.41, 5.74) is 1.52. The number of carbonyl (C=O) groups excluding carboxylic acids is 1. The Kier molecular flexibility index (Phi) is 8.93. The third-order valence-electron chi connectivity index (χ3n) is 5.03. The number of nitrogens with one attached hydrogen (secondary N) is 2. The molecule has 0 aliphatic carbocycles. The van der Waals surface area contributed by atoms with Gasteiger partial charge in [-0.3, -0.25) is 4.79 Å². The highest BCUT2D eigenvalue weighted by Crippen LogP contribution is 2.27. The highest BCUT2D eigenvalue weighted by molar-refractivity contribution is 7.89. The van der Waals surface area contributed by atoms with Crippen molar-refractivity contribution in [2.24, 2.45) is 0 Å². The zero-order valence-electron chi connectivity index (χ0n) is 19.7. The molecule has 10 heteroatoms. The lowest BCUT2D eigenvalue weighted by atomic mass is 10.1. The Morgan fingerprint density at radius 2 is 1.46 bits per heavy atom. The average Bonchev–Trinajstić information content (AvgIpc) is 2.88. The van der Waals surface area contributed by atoms with E-state index in [1.807, 2.05) is 12.1 Å². The molecule has 0 spiro atoms. The summed E-state index contributed by atoms with van der Waals surface area (Å²) < 4.78 is 48.8. The van der Waals surface area contributed by atoms with Gasteiger partial charge >= 0.3 is 0 Å². The van der Waals surface area contributed by atoms with E-state index in [0.717, 1.165) is 5.56 Å². The molecule has 0 bridgehead atoms.